The van der Waals surface area contributed by atoms with Gasteiger partial charge in [-0.3, -0.25) is 0 Å². The van der Waals surface area contributed by atoms with Crippen molar-refractivity contribution in [2.75, 3.05) is 5.75 Å². The van der Waals surface area contributed by atoms with Crippen LogP contribution >= 0.6 is 0 Å². The molecule has 16 heavy (non-hydrogen) atoms. The monoisotopic (exact) mass is 244 g/mol. The van der Waals surface area contributed by atoms with Gasteiger partial charge in [0.25, 0.3) is 0 Å². The van der Waals surface area contributed by atoms with Gasteiger partial charge in [0, 0.05) is 19.4 Å². The van der Waals surface area contributed by atoms with Crippen LogP contribution in [0.2, 0.25) is 0 Å². The van der Waals surface area contributed by atoms with E-state index in [-0.39, 0.29) is 5.75 Å². The number of aromatic nitrogens is 2. The Labute approximate surface area is 95.0 Å². The highest BCUT2D eigenvalue weighted by molar-refractivity contribution is 7.92. The van der Waals surface area contributed by atoms with Crippen LogP contribution in [0.4, 0.5) is 0 Å². The average molecular weight is 244 g/mol. The molecule has 2 heterocycles. The minimum atomic E-state index is -3.17. The largest absolute Gasteiger partial charge is 0.384 e. The lowest BCUT2D eigenvalue weighted by Gasteiger charge is -2.26. The predicted molar refractivity (Wildman–Crippen MR) is 59.6 cm³/mol. The van der Waals surface area contributed by atoms with Gasteiger partial charge < -0.3 is 9.67 Å². The van der Waals surface area contributed by atoms with Crippen molar-refractivity contribution >= 4 is 9.84 Å². The normalized spacial score (nSPS) is 26.5. The van der Waals surface area contributed by atoms with E-state index in [0.717, 1.165) is 6.42 Å². The van der Waals surface area contributed by atoms with E-state index in [1.54, 1.807) is 24.0 Å². The van der Waals surface area contributed by atoms with Gasteiger partial charge in [0.2, 0.25) is 0 Å². The standard InChI is InChI=1S/C10H16N2O3S/c1-12-6-5-11-10(12)9(13)8-4-2-3-7-16(8,14)15/h5-6,8-9,13H,2-4,7H2,1H3. The third-order valence-corrected chi connectivity index (χ3v) is 5.38. The molecule has 5 nitrogen and oxygen atoms in total. The molecular weight excluding hydrogens is 228 g/mol. The second-order valence-electron chi connectivity index (χ2n) is 4.24. The van der Waals surface area contributed by atoms with Crippen LogP contribution in [-0.2, 0) is 16.9 Å². The Morgan fingerprint density at radius 2 is 2.31 bits per heavy atom. The van der Waals surface area contributed by atoms with Gasteiger partial charge in [-0.25, -0.2) is 13.4 Å². The summed E-state index contributed by atoms with van der Waals surface area (Å²) in [6, 6.07) is 0. The highest BCUT2D eigenvalue weighted by atomic mass is 32.2. The first-order valence-electron chi connectivity index (χ1n) is 5.39. The van der Waals surface area contributed by atoms with Crippen LogP contribution in [-0.4, -0.2) is 34.1 Å². The van der Waals surface area contributed by atoms with Crippen LogP contribution in [0, 0.1) is 0 Å². The zero-order valence-corrected chi connectivity index (χ0v) is 10.0. The van der Waals surface area contributed by atoms with E-state index < -0.39 is 21.2 Å². The molecule has 0 aromatic carbocycles. The lowest BCUT2D eigenvalue weighted by atomic mass is 10.1. The van der Waals surface area contributed by atoms with E-state index in [2.05, 4.69) is 4.98 Å². The molecule has 1 aliphatic rings. The summed E-state index contributed by atoms with van der Waals surface area (Å²) in [4.78, 5) is 4.00. The minimum Gasteiger partial charge on any atom is -0.384 e. The van der Waals surface area contributed by atoms with Crippen molar-refractivity contribution < 1.29 is 13.5 Å². The fraction of sp³-hybridized carbons (Fsp3) is 0.700. The zero-order valence-electron chi connectivity index (χ0n) is 9.20. The predicted octanol–water partition coefficient (Wildman–Crippen LogP) is 0.421. The molecule has 0 saturated carbocycles. The first-order valence-corrected chi connectivity index (χ1v) is 7.11. The summed E-state index contributed by atoms with van der Waals surface area (Å²) in [5.74, 6) is 0.606. The van der Waals surface area contributed by atoms with Crippen LogP contribution in [0.15, 0.2) is 12.4 Å². The van der Waals surface area contributed by atoms with Gasteiger partial charge in [0.1, 0.15) is 11.9 Å². The number of hydrogen-bond acceptors (Lipinski definition) is 4. The van der Waals surface area contributed by atoms with E-state index in [4.69, 9.17) is 0 Å². The number of sulfone groups is 1. The number of hydrogen-bond donors (Lipinski definition) is 1. The maximum Gasteiger partial charge on any atom is 0.156 e. The molecule has 0 amide bonds. The molecule has 1 fully saturated rings. The Morgan fingerprint density at radius 3 is 2.88 bits per heavy atom. The van der Waals surface area contributed by atoms with Crippen molar-refractivity contribution in [3.63, 3.8) is 0 Å². The van der Waals surface area contributed by atoms with E-state index >= 15 is 0 Å². The fourth-order valence-corrected chi connectivity index (χ4v) is 4.11. The van der Waals surface area contributed by atoms with E-state index in [9.17, 15) is 13.5 Å². The highest BCUT2D eigenvalue weighted by Gasteiger charge is 2.36. The Bertz CT molecular complexity index is 466. The molecule has 2 rings (SSSR count). The molecule has 2 unspecified atom stereocenters. The quantitative estimate of drug-likeness (QED) is 0.818. The smallest absolute Gasteiger partial charge is 0.156 e. The van der Waals surface area contributed by atoms with Gasteiger partial charge in [-0.05, 0) is 12.8 Å². The average Bonchev–Trinajstić information content (AvgIpc) is 2.63. The van der Waals surface area contributed by atoms with E-state index in [1.807, 2.05) is 0 Å². The second kappa shape index (κ2) is 4.18. The molecular formula is C10H16N2O3S. The summed E-state index contributed by atoms with van der Waals surface area (Å²) in [7, 11) is -1.42. The van der Waals surface area contributed by atoms with Crippen molar-refractivity contribution in [1.29, 1.82) is 0 Å². The van der Waals surface area contributed by atoms with Crippen molar-refractivity contribution in [2.45, 2.75) is 30.6 Å². The molecule has 1 saturated heterocycles. The first-order chi connectivity index (χ1) is 7.52. The van der Waals surface area contributed by atoms with Crippen LogP contribution in [0.1, 0.15) is 31.2 Å². The maximum absolute atomic E-state index is 11.8. The van der Waals surface area contributed by atoms with Gasteiger partial charge >= 0.3 is 0 Å². The molecule has 2 atom stereocenters. The molecule has 0 aliphatic carbocycles. The summed E-state index contributed by atoms with van der Waals surface area (Å²) < 4.78 is 25.3. The van der Waals surface area contributed by atoms with Crippen molar-refractivity contribution in [3.05, 3.63) is 18.2 Å². The Balaban J connectivity index is 2.28. The number of aliphatic hydroxyl groups is 1. The first kappa shape index (κ1) is 11.6. The molecule has 6 heteroatoms. The lowest BCUT2D eigenvalue weighted by Crippen LogP contribution is -2.34. The number of imidazole rings is 1. The van der Waals surface area contributed by atoms with Gasteiger partial charge in [0.05, 0.1) is 11.0 Å². The zero-order chi connectivity index (χ0) is 11.8. The van der Waals surface area contributed by atoms with Crippen LogP contribution in [0.5, 0.6) is 0 Å². The van der Waals surface area contributed by atoms with E-state index in [1.165, 1.54) is 0 Å². The second-order valence-corrected chi connectivity index (χ2v) is 6.58. The summed E-state index contributed by atoms with van der Waals surface area (Å²) >= 11 is 0. The molecule has 0 bridgehead atoms. The van der Waals surface area contributed by atoms with Gasteiger partial charge in [-0.1, -0.05) is 6.42 Å². The number of aryl methyl sites for hydroxylation is 1. The molecule has 90 valence electrons. The summed E-state index contributed by atoms with van der Waals surface area (Å²) in [6.07, 6.45) is 4.33. The Morgan fingerprint density at radius 1 is 1.56 bits per heavy atom. The molecule has 0 radical (unpaired) electrons. The van der Waals surface area contributed by atoms with Gasteiger partial charge in [0.15, 0.2) is 9.84 Å². The van der Waals surface area contributed by atoms with Gasteiger partial charge in [-0.15, -0.1) is 0 Å². The Kier molecular flexibility index (Phi) is 3.03. The highest BCUT2D eigenvalue weighted by Crippen LogP contribution is 2.29. The number of rotatable bonds is 2. The molecule has 1 aromatic rings. The minimum absolute atomic E-state index is 0.180. The summed E-state index contributed by atoms with van der Waals surface area (Å²) in [5, 5.41) is 9.40. The SMILES string of the molecule is Cn1ccnc1C(O)C1CCCCS1(=O)=O. The molecule has 1 N–H and O–H groups in total. The number of aliphatic hydroxyl groups excluding tert-OH is 1. The topological polar surface area (TPSA) is 72.2 Å². The molecule has 1 aromatic heterocycles. The Hall–Kier alpha value is -0.880. The third kappa shape index (κ3) is 1.99. The molecule has 0 spiro atoms. The maximum atomic E-state index is 11.8. The van der Waals surface area contributed by atoms with Crippen LogP contribution in [0.25, 0.3) is 0 Å². The lowest BCUT2D eigenvalue weighted by molar-refractivity contribution is 0.151. The summed E-state index contributed by atoms with van der Waals surface area (Å²) in [6.45, 7) is 0. The van der Waals surface area contributed by atoms with Crippen molar-refractivity contribution in [1.82, 2.24) is 9.55 Å². The van der Waals surface area contributed by atoms with Crippen LogP contribution < -0.4 is 0 Å². The van der Waals surface area contributed by atoms with Crippen molar-refractivity contribution in [2.24, 2.45) is 7.05 Å². The fourth-order valence-electron chi connectivity index (χ4n) is 2.16. The molecule has 1 aliphatic heterocycles. The van der Waals surface area contributed by atoms with Gasteiger partial charge in [-0.2, -0.15) is 0 Å². The third-order valence-electron chi connectivity index (χ3n) is 3.10. The number of nitrogens with zero attached hydrogens (tertiary/aromatic N) is 2. The van der Waals surface area contributed by atoms with Crippen molar-refractivity contribution in [3.8, 4) is 0 Å². The summed E-state index contributed by atoms with van der Waals surface area (Å²) in [5.41, 5.74) is 0. The van der Waals surface area contributed by atoms with Crippen LogP contribution in [0.3, 0.4) is 0 Å². The van der Waals surface area contributed by atoms with E-state index in [0.29, 0.717) is 18.7 Å².